The Hall–Kier alpha value is -0.910. The molecule has 0 bridgehead atoms. The Morgan fingerprint density at radius 3 is 3.18 bits per heavy atom. The van der Waals surface area contributed by atoms with Gasteiger partial charge in [0, 0.05) is 13.2 Å². The molecule has 0 radical (unpaired) electrons. The largest absolute Gasteiger partial charge is 0.387 e. The molecule has 94 valence electrons. The van der Waals surface area contributed by atoms with Crippen LogP contribution in [0, 0.1) is 0 Å². The minimum atomic E-state index is -0.631. The van der Waals surface area contributed by atoms with Crippen LogP contribution in [0.25, 0.3) is 0 Å². The molecule has 1 aliphatic heterocycles. The standard InChI is InChI=1S/C12H17NO3S/c14-10(9-4-6-17-8-9)7-13-12(15)11-3-1-2-5-16-11/h4,6,8,10-11,14H,1-3,5,7H2,(H,13,15). The summed E-state index contributed by atoms with van der Waals surface area (Å²) in [5.74, 6) is -0.112. The van der Waals surface area contributed by atoms with E-state index in [4.69, 9.17) is 4.74 Å². The number of aliphatic hydroxyl groups is 1. The fourth-order valence-electron chi connectivity index (χ4n) is 1.84. The molecule has 4 nitrogen and oxygen atoms in total. The minimum Gasteiger partial charge on any atom is -0.387 e. The zero-order chi connectivity index (χ0) is 12.1. The van der Waals surface area contributed by atoms with Gasteiger partial charge in [0.15, 0.2) is 0 Å². The van der Waals surface area contributed by atoms with Crippen LogP contribution in [0.3, 0.4) is 0 Å². The van der Waals surface area contributed by atoms with Crippen molar-refractivity contribution in [3.8, 4) is 0 Å². The predicted octanol–water partition coefficient (Wildman–Crippen LogP) is 1.47. The Kier molecular flexibility index (Phi) is 4.53. The van der Waals surface area contributed by atoms with Crippen molar-refractivity contribution in [3.63, 3.8) is 0 Å². The molecule has 5 heteroatoms. The van der Waals surface area contributed by atoms with Crippen LogP contribution in [-0.2, 0) is 9.53 Å². The minimum absolute atomic E-state index is 0.112. The molecule has 1 fully saturated rings. The van der Waals surface area contributed by atoms with Gasteiger partial charge in [-0.1, -0.05) is 0 Å². The van der Waals surface area contributed by atoms with Crippen LogP contribution < -0.4 is 5.32 Å². The van der Waals surface area contributed by atoms with Crippen LogP contribution in [0.1, 0.15) is 30.9 Å². The van der Waals surface area contributed by atoms with Crippen LogP contribution in [0.5, 0.6) is 0 Å². The molecule has 1 aliphatic rings. The first-order valence-corrected chi connectivity index (χ1v) is 6.81. The number of rotatable bonds is 4. The molecule has 2 rings (SSSR count). The van der Waals surface area contributed by atoms with E-state index in [-0.39, 0.29) is 18.6 Å². The summed E-state index contributed by atoms with van der Waals surface area (Å²) in [5, 5.41) is 16.3. The van der Waals surface area contributed by atoms with Gasteiger partial charge in [-0.15, -0.1) is 0 Å². The van der Waals surface area contributed by atoms with Crippen molar-refractivity contribution in [2.45, 2.75) is 31.5 Å². The summed E-state index contributed by atoms with van der Waals surface area (Å²) in [5.41, 5.74) is 0.847. The second-order valence-corrected chi connectivity index (χ2v) is 4.95. The van der Waals surface area contributed by atoms with Gasteiger partial charge in [0.25, 0.3) is 0 Å². The zero-order valence-corrected chi connectivity index (χ0v) is 10.4. The third-order valence-corrected chi connectivity index (χ3v) is 3.57. The van der Waals surface area contributed by atoms with E-state index in [1.54, 1.807) is 0 Å². The van der Waals surface area contributed by atoms with Crippen LogP contribution in [0.2, 0.25) is 0 Å². The fraction of sp³-hybridized carbons (Fsp3) is 0.583. The van der Waals surface area contributed by atoms with Gasteiger partial charge in [-0.05, 0) is 41.7 Å². The number of carbonyl (C=O) groups excluding carboxylic acids is 1. The molecule has 1 aromatic rings. The third kappa shape index (κ3) is 3.52. The lowest BCUT2D eigenvalue weighted by atomic mass is 10.1. The Balaban J connectivity index is 1.75. The summed E-state index contributed by atoms with van der Waals surface area (Å²) in [6, 6.07) is 1.86. The molecule has 17 heavy (non-hydrogen) atoms. The molecule has 1 aromatic heterocycles. The zero-order valence-electron chi connectivity index (χ0n) is 9.59. The molecule has 1 amide bonds. The van der Waals surface area contributed by atoms with E-state index in [1.807, 2.05) is 16.8 Å². The average Bonchev–Trinajstić information content (AvgIpc) is 2.90. The molecule has 0 aliphatic carbocycles. The summed E-state index contributed by atoms with van der Waals surface area (Å²) in [6.07, 6.45) is 1.87. The van der Waals surface area contributed by atoms with Gasteiger partial charge in [-0.2, -0.15) is 11.3 Å². The van der Waals surface area contributed by atoms with Crippen molar-refractivity contribution in [1.82, 2.24) is 5.32 Å². The van der Waals surface area contributed by atoms with E-state index in [2.05, 4.69) is 5.32 Å². The molecular weight excluding hydrogens is 238 g/mol. The molecule has 2 unspecified atom stereocenters. The summed E-state index contributed by atoms with van der Waals surface area (Å²) >= 11 is 1.53. The number of nitrogens with one attached hydrogen (secondary N) is 1. The highest BCUT2D eigenvalue weighted by Gasteiger charge is 2.22. The summed E-state index contributed by atoms with van der Waals surface area (Å²) < 4.78 is 5.37. The first-order chi connectivity index (χ1) is 8.27. The van der Waals surface area contributed by atoms with Crippen LogP contribution in [0.4, 0.5) is 0 Å². The van der Waals surface area contributed by atoms with E-state index >= 15 is 0 Å². The smallest absolute Gasteiger partial charge is 0.249 e. The Morgan fingerprint density at radius 2 is 2.53 bits per heavy atom. The maximum Gasteiger partial charge on any atom is 0.249 e. The Morgan fingerprint density at radius 1 is 1.65 bits per heavy atom. The van der Waals surface area contributed by atoms with E-state index in [0.29, 0.717) is 6.61 Å². The van der Waals surface area contributed by atoms with Gasteiger partial charge in [-0.25, -0.2) is 0 Å². The van der Waals surface area contributed by atoms with Crippen LogP contribution in [0.15, 0.2) is 16.8 Å². The van der Waals surface area contributed by atoms with Gasteiger partial charge in [0.1, 0.15) is 6.10 Å². The van der Waals surface area contributed by atoms with E-state index < -0.39 is 6.10 Å². The second-order valence-electron chi connectivity index (χ2n) is 4.17. The number of carbonyl (C=O) groups is 1. The SMILES string of the molecule is O=C(NCC(O)c1ccsc1)C1CCCCO1. The van der Waals surface area contributed by atoms with E-state index in [1.165, 1.54) is 11.3 Å². The lowest BCUT2D eigenvalue weighted by Crippen LogP contribution is -2.40. The van der Waals surface area contributed by atoms with Crippen molar-refractivity contribution >= 4 is 17.2 Å². The fourth-order valence-corrected chi connectivity index (χ4v) is 2.55. The summed E-state index contributed by atoms with van der Waals surface area (Å²) in [7, 11) is 0. The summed E-state index contributed by atoms with van der Waals surface area (Å²) in [4.78, 5) is 11.7. The Bertz CT molecular complexity index is 347. The Labute approximate surface area is 105 Å². The number of hydrogen-bond acceptors (Lipinski definition) is 4. The maximum absolute atomic E-state index is 11.7. The maximum atomic E-state index is 11.7. The number of aliphatic hydroxyl groups excluding tert-OH is 1. The summed E-state index contributed by atoms with van der Waals surface area (Å²) in [6.45, 7) is 0.903. The van der Waals surface area contributed by atoms with Gasteiger partial charge >= 0.3 is 0 Å². The van der Waals surface area contributed by atoms with Gasteiger partial charge in [0.2, 0.25) is 5.91 Å². The highest BCUT2D eigenvalue weighted by molar-refractivity contribution is 7.07. The number of hydrogen-bond donors (Lipinski definition) is 2. The number of amides is 1. The van der Waals surface area contributed by atoms with Crippen LogP contribution in [-0.4, -0.2) is 30.3 Å². The number of ether oxygens (including phenoxy) is 1. The van der Waals surface area contributed by atoms with Crippen molar-refractivity contribution in [2.75, 3.05) is 13.2 Å². The van der Waals surface area contributed by atoms with Crippen molar-refractivity contribution in [1.29, 1.82) is 0 Å². The van der Waals surface area contributed by atoms with Gasteiger partial charge in [0.05, 0.1) is 6.10 Å². The average molecular weight is 255 g/mol. The topological polar surface area (TPSA) is 58.6 Å². The highest BCUT2D eigenvalue weighted by Crippen LogP contribution is 2.16. The number of thiophene rings is 1. The molecule has 2 heterocycles. The second kappa shape index (κ2) is 6.14. The van der Waals surface area contributed by atoms with Gasteiger partial charge in [-0.3, -0.25) is 4.79 Å². The van der Waals surface area contributed by atoms with Crippen molar-refractivity contribution in [3.05, 3.63) is 22.4 Å². The van der Waals surface area contributed by atoms with Gasteiger partial charge < -0.3 is 15.2 Å². The molecule has 0 aromatic carbocycles. The molecule has 2 N–H and O–H groups in total. The van der Waals surface area contributed by atoms with Crippen LogP contribution >= 0.6 is 11.3 Å². The monoisotopic (exact) mass is 255 g/mol. The quantitative estimate of drug-likeness (QED) is 0.856. The lowest BCUT2D eigenvalue weighted by Gasteiger charge is -2.22. The normalized spacial score (nSPS) is 22.1. The van der Waals surface area contributed by atoms with Crippen molar-refractivity contribution < 1.29 is 14.6 Å². The molecule has 1 saturated heterocycles. The van der Waals surface area contributed by atoms with E-state index in [9.17, 15) is 9.90 Å². The molecular formula is C12H17NO3S. The third-order valence-electron chi connectivity index (χ3n) is 2.87. The highest BCUT2D eigenvalue weighted by atomic mass is 32.1. The van der Waals surface area contributed by atoms with E-state index in [0.717, 1.165) is 24.8 Å². The predicted molar refractivity (Wildman–Crippen MR) is 65.9 cm³/mol. The molecule has 0 saturated carbocycles. The lowest BCUT2D eigenvalue weighted by molar-refractivity contribution is -0.135. The molecule has 2 atom stereocenters. The first-order valence-electron chi connectivity index (χ1n) is 5.87. The van der Waals surface area contributed by atoms with Crippen molar-refractivity contribution in [2.24, 2.45) is 0 Å². The first kappa shape index (κ1) is 12.5. The molecule has 0 spiro atoms.